The Kier molecular flexibility index (Phi) is 4.83. The molecule has 0 saturated heterocycles. The Morgan fingerprint density at radius 2 is 1.95 bits per heavy atom. The molecule has 1 amide bonds. The van der Waals surface area contributed by atoms with Gasteiger partial charge in [-0.2, -0.15) is 5.10 Å². The summed E-state index contributed by atoms with van der Waals surface area (Å²) >= 11 is 11.7. The van der Waals surface area contributed by atoms with Gasteiger partial charge >= 0.3 is 0 Å². The lowest BCUT2D eigenvalue weighted by atomic mass is 10.1. The van der Waals surface area contributed by atoms with Crippen LogP contribution in [0.25, 0.3) is 0 Å². The van der Waals surface area contributed by atoms with Crippen molar-refractivity contribution < 1.29 is 9.90 Å². The SMILES string of the molecule is Cc1ccc(C(=O)N/N=C\c2ccc(O)c(Cl)c2)cc1Cl. The molecule has 0 spiro atoms. The molecule has 0 aliphatic rings. The molecule has 0 aliphatic heterocycles. The summed E-state index contributed by atoms with van der Waals surface area (Å²) in [5, 5.41) is 13.9. The normalized spacial score (nSPS) is 10.8. The van der Waals surface area contributed by atoms with Gasteiger partial charge in [0.2, 0.25) is 0 Å². The lowest BCUT2D eigenvalue weighted by Gasteiger charge is -2.02. The molecule has 0 aromatic heterocycles. The number of halogens is 2. The van der Waals surface area contributed by atoms with Crippen molar-refractivity contribution in [3.8, 4) is 5.75 Å². The minimum absolute atomic E-state index is 0.00727. The molecule has 2 N–H and O–H groups in total. The standard InChI is InChI=1S/C15H12Cl2N2O2/c1-9-2-4-11(7-12(9)16)15(21)19-18-8-10-3-5-14(20)13(17)6-10/h2-8,20H,1H3,(H,19,21)/b18-8-. The number of phenolic OH excluding ortho intramolecular Hbond substituents is 1. The van der Waals surface area contributed by atoms with Crippen LogP contribution in [0.2, 0.25) is 10.0 Å². The largest absolute Gasteiger partial charge is 0.506 e. The first-order valence-corrected chi connectivity index (χ1v) is 6.81. The van der Waals surface area contributed by atoms with Gasteiger partial charge in [0, 0.05) is 10.6 Å². The van der Waals surface area contributed by atoms with Crippen molar-refractivity contribution in [1.82, 2.24) is 5.43 Å². The van der Waals surface area contributed by atoms with Gasteiger partial charge in [-0.1, -0.05) is 29.3 Å². The molecule has 0 radical (unpaired) electrons. The zero-order chi connectivity index (χ0) is 15.4. The molecule has 0 heterocycles. The Bertz CT molecular complexity index is 715. The van der Waals surface area contributed by atoms with Gasteiger partial charge < -0.3 is 5.11 Å². The highest BCUT2D eigenvalue weighted by Gasteiger charge is 2.06. The molecule has 2 aromatic carbocycles. The first kappa shape index (κ1) is 15.4. The minimum Gasteiger partial charge on any atom is -0.506 e. The highest BCUT2D eigenvalue weighted by Crippen LogP contribution is 2.22. The fourth-order valence-electron chi connectivity index (χ4n) is 1.57. The van der Waals surface area contributed by atoms with Crippen LogP contribution in [0.5, 0.6) is 5.75 Å². The van der Waals surface area contributed by atoms with Crippen molar-refractivity contribution in [2.45, 2.75) is 6.92 Å². The number of phenols is 1. The van der Waals surface area contributed by atoms with Crippen LogP contribution in [-0.2, 0) is 0 Å². The third-order valence-electron chi connectivity index (χ3n) is 2.79. The quantitative estimate of drug-likeness (QED) is 0.667. The van der Waals surface area contributed by atoms with Crippen molar-refractivity contribution >= 4 is 35.3 Å². The molecule has 2 rings (SSSR count). The second-order valence-electron chi connectivity index (χ2n) is 4.37. The maximum atomic E-state index is 11.9. The van der Waals surface area contributed by atoms with Crippen LogP contribution < -0.4 is 5.43 Å². The van der Waals surface area contributed by atoms with Crippen LogP contribution in [-0.4, -0.2) is 17.2 Å². The summed E-state index contributed by atoms with van der Waals surface area (Å²) in [6, 6.07) is 9.63. The maximum absolute atomic E-state index is 11.9. The lowest BCUT2D eigenvalue weighted by molar-refractivity contribution is 0.0955. The smallest absolute Gasteiger partial charge is 0.271 e. The summed E-state index contributed by atoms with van der Waals surface area (Å²) < 4.78 is 0. The highest BCUT2D eigenvalue weighted by atomic mass is 35.5. The number of hydrogen-bond donors (Lipinski definition) is 2. The summed E-state index contributed by atoms with van der Waals surface area (Å²) in [6.07, 6.45) is 1.43. The molecule has 0 bridgehead atoms. The van der Waals surface area contributed by atoms with Gasteiger partial charge in [-0.15, -0.1) is 0 Å². The number of benzene rings is 2. The average molecular weight is 323 g/mol. The number of hydrogen-bond acceptors (Lipinski definition) is 3. The molecule has 0 unspecified atom stereocenters. The monoisotopic (exact) mass is 322 g/mol. The van der Waals surface area contributed by atoms with Crippen molar-refractivity contribution in [1.29, 1.82) is 0 Å². The molecule has 0 fully saturated rings. The number of nitrogens with zero attached hydrogens (tertiary/aromatic N) is 1. The van der Waals surface area contributed by atoms with Crippen molar-refractivity contribution in [3.63, 3.8) is 0 Å². The van der Waals surface area contributed by atoms with Crippen molar-refractivity contribution in [2.24, 2.45) is 5.10 Å². The second kappa shape index (κ2) is 6.61. The summed E-state index contributed by atoms with van der Waals surface area (Å²) in [5.74, 6) is -0.370. The Labute approximate surface area is 132 Å². The molecule has 4 nitrogen and oxygen atoms in total. The number of rotatable bonds is 3. The number of carbonyl (C=O) groups is 1. The molecule has 2 aromatic rings. The zero-order valence-corrected chi connectivity index (χ0v) is 12.6. The molecule has 0 saturated carbocycles. The zero-order valence-electron chi connectivity index (χ0n) is 11.1. The summed E-state index contributed by atoms with van der Waals surface area (Å²) in [5.41, 5.74) is 4.37. The third-order valence-corrected chi connectivity index (χ3v) is 3.50. The summed E-state index contributed by atoms with van der Waals surface area (Å²) in [7, 11) is 0. The predicted molar refractivity (Wildman–Crippen MR) is 84.4 cm³/mol. The van der Waals surface area contributed by atoms with E-state index < -0.39 is 0 Å². The highest BCUT2D eigenvalue weighted by molar-refractivity contribution is 6.32. The van der Waals surface area contributed by atoms with E-state index in [-0.39, 0.29) is 16.7 Å². The molecule has 21 heavy (non-hydrogen) atoms. The van der Waals surface area contributed by atoms with E-state index in [0.717, 1.165) is 5.56 Å². The molecule has 0 aliphatic carbocycles. The third kappa shape index (κ3) is 3.97. The minimum atomic E-state index is -0.363. The van der Waals surface area contributed by atoms with Crippen LogP contribution in [0.3, 0.4) is 0 Å². The lowest BCUT2D eigenvalue weighted by Crippen LogP contribution is -2.17. The van der Waals surface area contributed by atoms with Gasteiger partial charge in [0.1, 0.15) is 5.75 Å². The van der Waals surface area contributed by atoms with E-state index in [9.17, 15) is 9.90 Å². The Morgan fingerprint density at radius 3 is 2.62 bits per heavy atom. The van der Waals surface area contributed by atoms with Gasteiger partial charge in [0.05, 0.1) is 11.2 Å². The molecule has 0 atom stereocenters. The van der Waals surface area contributed by atoms with E-state index >= 15 is 0 Å². The number of nitrogens with one attached hydrogen (secondary N) is 1. The fraction of sp³-hybridized carbons (Fsp3) is 0.0667. The van der Waals surface area contributed by atoms with E-state index in [4.69, 9.17) is 23.2 Å². The average Bonchev–Trinajstić information content (AvgIpc) is 2.45. The first-order chi connectivity index (χ1) is 9.97. The molecular weight excluding hydrogens is 311 g/mol. The summed E-state index contributed by atoms with van der Waals surface area (Å²) in [4.78, 5) is 11.9. The number of hydrazone groups is 1. The number of aryl methyl sites for hydroxylation is 1. The van der Waals surface area contributed by atoms with Gasteiger partial charge in [0.25, 0.3) is 5.91 Å². The van der Waals surface area contributed by atoms with Gasteiger partial charge in [-0.25, -0.2) is 5.43 Å². The van der Waals surface area contributed by atoms with Crippen LogP contribution in [0.4, 0.5) is 0 Å². The van der Waals surface area contributed by atoms with E-state index in [0.29, 0.717) is 16.1 Å². The van der Waals surface area contributed by atoms with E-state index in [1.165, 1.54) is 18.3 Å². The van der Waals surface area contributed by atoms with E-state index in [1.54, 1.807) is 24.3 Å². The molecular formula is C15H12Cl2N2O2. The predicted octanol–water partition coefficient (Wildman–Crippen LogP) is 3.77. The van der Waals surface area contributed by atoms with Crippen LogP contribution in [0.1, 0.15) is 21.5 Å². The topological polar surface area (TPSA) is 61.7 Å². The van der Waals surface area contributed by atoms with Crippen LogP contribution in [0, 0.1) is 6.92 Å². The van der Waals surface area contributed by atoms with E-state index in [2.05, 4.69) is 10.5 Å². The van der Waals surface area contributed by atoms with Gasteiger partial charge in [0.15, 0.2) is 0 Å². The Hall–Kier alpha value is -2.04. The second-order valence-corrected chi connectivity index (χ2v) is 5.19. The van der Waals surface area contributed by atoms with Crippen molar-refractivity contribution in [3.05, 3.63) is 63.1 Å². The fourth-order valence-corrected chi connectivity index (χ4v) is 1.94. The number of aromatic hydroxyl groups is 1. The Morgan fingerprint density at radius 1 is 1.19 bits per heavy atom. The van der Waals surface area contributed by atoms with Gasteiger partial charge in [-0.3, -0.25) is 4.79 Å². The van der Waals surface area contributed by atoms with Crippen molar-refractivity contribution in [2.75, 3.05) is 0 Å². The van der Waals surface area contributed by atoms with Crippen LogP contribution in [0.15, 0.2) is 41.5 Å². The van der Waals surface area contributed by atoms with Gasteiger partial charge in [-0.05, 0) is 48.4 Å². The maximum Gasteiger partial charge on any atom is 0.271 e. The van der Waals surface area contributed by atoms with Crippen LogP contribution >= 0.6 is 23.2 Å². The Balaban J connectivity index is 2.04. The number of carbonyl (C=O) groups excluding carboxylic acids is 1. The first-order valence-electron chi connectivity index (χ1n) is 6.05. The number of amides is 1. The van der Waals surface area contributed by atoms with E-state index in [1.807, 2.05) is 6.92 Å². The summed E-state index contributed by atoms with van der Waals surface area (Å²) in [6.45, 7) is 1.86. The molecule has 108 valence electrons. The molecule has 6 heteroatoms.